The third-order valence-corrected chi connectivity index (χ3v) is 1.97. The van der Waals surface area contributed by atoms with E-state index in [1.54, 1.807) is 0 Å². The molecule has 0 aromatic carbocycles. The van der Waals surface area contributed by atoms with Gasteiger partial charge in [0.15, 0.2) is 0 Å². The summed E-state index contributed by atoms with van der Waals surface area (Å²) in [4.78, 5) is 2.26. The molecule has 0 bridgehead atoms. The lowest BCUT2D eigenvalue weighted by Crippen LogP contribution is -2.38. The molecule has 1 rings (SSSR count). The van der Waals surface area contributed by atoms with Crippen LogP contribution >= 0.6 is 0 Å². The summed E-state index contributed by atoms with van der Waals surface area (Å²) < 4.78 is 0. The third-order valence-electron chi connectivity index (χ3n) is 1.97. The van der Waals surface area contributed by atoms with Crippen molar-refractivity contribution in [2.24, 2.45) is 0 Å². The maximum absolute atomic E-state index is 9.32. The number of piperidine rings is 1. The summed E-state index contributed by atoms with van der Waals surface area (Å²) in [6.45, 7) is 8.76. The van der Waals surface area contributed by atoms with Gasteiger partial charge in [0.05, 0.1) is 6.10 Å². The number of hydrogen-bond donors (Lipinski definition) is 1. The van der Waals surface area contributed by atoms with Gasteiger partial charge < -0.3 is 5.11 Å². The minimum atomic E-state index is -0.108. The Kier molecular flexibility index (Phi) is 3.09. The molecule has 2 nitrogen and oxygen atoms in total. The molecule has 1 unspecified atom stereocenters. The van der Waals surface area contributed by atoms with E-state index in [4.69, 9.17) is 0 Å². The van der Waals surface area contributed by atoms with Crippen molar-refractivity contribution in [3.05, 3.63) is 12.2 Å². The van der Waals surface area contributed by atoms with Crippen LogP contribution in [0.1, 0.15) is 19.8 Å². The third kappa shape index (κ3) is 3.04. The highest BCUT2D eigenvalue weighted by molar-refractivity contribution is 4.93. The van der Waals surface area contributed by atoms with E-state index >= 15 is 0 Å². The van der Waals surface area contributed by atoms with E-state index in [1.807, 2.05) is 6.92 Å². The second-order valence-electron chi connectivity index (χ2n) is 3.49. The van der Waals surface area contributed by atoms with Crippen LogP contribution in [0.4, 0.5) is 0 Å². The van der Waals surface area contributed by atoms with Gasteiger partial charge in [-0.1, -0.05) is 12.2 Å². The van der Waals surface area contributed by atoms with Gasteiger partial charge in [0.2, 0.25) is 0 Å². The Bertz CT molecular complexity index is 144. The molecule has 0 aromatic heterocycles. The molecule has 0 amide bonds. The fraction of sp³-hybridized carbons (Fsp3) is 0.778. The summed E-state index contributed by atoms with van der Waals surface area (Å²) in [5.74, 6) is 0. The van der Waals surface area contributed by atoms with E-state index < -0.39 is 0 Å². The van der Waals surface area contributed by atoms with Crippen LogP contribution in [0.2, 0.25) is 0 Å². The number of aliphatic hydroxyl groups is 1. The van der Waals surface area contributed by atoms with E-state index in [-0.39, 0.29) is 6.10 Å². The van der Waals surface area contributed by atoms with Crippen LogP contribution < -0.4 is 0 Å². The summed E-state index contributed by atoms with van der Waals surface area (Å²) in [6.07, 6.45) is 1.98. The van der Waals surface area contributed by atoms with Gasteiger partial charge in [-0.25, -0.2) is 0 Å². The highest BCUT2D eigenvalue weighted by Crippen LogP contribution is 2.10. The number of rotatable bonds is 2. The Morgan fingerprint density at radius 3 is 3.00 bits per heavy atom. The second kappa shape index (κ2) is 3.88. The molecule has 0 aliphatic carbocycles. The molecular formula is C9H17NO. The van der Waals surface area contributed by atoms with Crippen molar-refractivity contribution in [3.8, 4) is 0 Å². The molecule has 1 aliphatic rings. The smallest absolute Gasteiger partial charge is 0.0667 e. The van der Waals surface area contributed by atoms with Gasteiger partial charge in [0, 0.05) is 13.1 Å². The number of aliphatic hydroxyl groups excluding tert-OH is 1. The molecule has 0 saturated carbocycles. The fourth-order valence-corrected chi connectivity index (χ4v) is 1.56. The molecular weight excluding hydrogens is 138 g/mol. The lowest BCUT2D eigenvalue weighted by molar-refractivity contribution is 0.0758. The zero-order chi connectivity index (χ0) is 8.27. The molecule has 1 heterocycles. The number of nitrogens with zero attached hydrogens (tertiary/aromatic N) is 1. The molecule has 2 heteroatoms. The van der Waals surface area contributed by atoms with Gasteiger partial charge in [0.25, 0.3) is 0 Å². The molecule has 1 saturated heterocycles. The Morgan fingerprint density at radius 2 is 2.45 bits per heavy atom. The zero-order valence-electron chi connectivity index (χ0n) is 7.21. The Balaban J connectivity index is 2.28. The summed E-state index contributed by atoms with van der Waals surface area (Å²) in [7, 11) is 0. The van der Waals surface area contributed by atoms with Gasteiger partial charge in [-0.05, 0) is 26.3 Å². The van der Waals surface area contributed by atoms with Gasteiger partial charge in [-0.2, -0.15) is 0 Å². The first-order valence-corrected chi connectivity index (χ1v) is 4.23. The van der Waals surface area contributed by atoms with Crippen molar-refractivity contribution in [3.63, 3.8) is 0 Å². The molecule has 1 aliphatic heterocycles. The van der Waals surface area contributed by atoms with Crippen LogP contribution in [0.25, 0.3) is 0 Å². The van der Waals surface area contributed by atoms with Gasteiger partial charge in [-0.15, -0.1) is 0 Å². The van der Waals surface area contributed by atoms with E-state index in [2.05, 4.69) is 11.5 Å². The van der Waals surface area contributed by atoms with Crippen molar-refractivity contribution < 1.29 is 5.11 Å². The maximum Gasteiger partial charge on any atom is 0.0667 e. The molecule has 11 heavy (non-hydrogen) atoms. The Hall–Kier alpha value is -0.340. The summed E-state index contributed by atoms with van der Waals surface area (Å²) in [6, 6.07) is 0. The van der Waals surface area contributed by atoms with Crippen molar-refractivity contribution >= 4 is 0 Å². The Morgan fingerprint density at radius 1 is 1.73 bits per heavy atom. The largest absolute Gasteiger partial charge is 0.392 e. The van der Waals surface area contributed by atoms with Crippen LogP contribution in [-0.4, -0.2) is 35.7 Å². The molecule has 1 fully saturated rings. The second-order valence-corrected chi connectivity index (χ2v) is 3.49. The molecule has 0 spiro atoms. The van der Waals surface area contributed by atoms with Crippen molar-refractivity contribution in [2.45, 2.75) is 25.9 Å². The summed E-state index contributed by atoms with van der Waals surface area (Å²) in [5.41, 5.74) is 1.18. The highest BCUT2D eigenvalue weighted by atomic mass is 16.3. The average Bonchev–Trinajstić information content (AvgIpc) is 1.85. The SMILES string of the molecule is C=C(C)CN1CCCC(O)C1. The number of hydrogen-bond acceptors (Lipinski definition) is 2. The highest BCUT2D eigenvalue weighted by Gasteiger charge is 2.16. The monoisotopic (exact) mass is 155 g/mol. The summed E-state index contributed by atoms with van der Waals surface area (Å²) in [5, 5.41) is 9.32. The van der Waals surface area contributed by atoms with E-state index in [1.165, 1.54) is 5.57 Å². The molecule has 1 atom stereocenters. The van der Waals surface area contributed by atoms with Crippen molar-refractivity contribution in [1.29, 1.82) is 0 Å². The van der Waals surface area contributed by atoms with Crippen molar-refractivity contribution in [1.82, 2.24) is 4.90 Å². The standard InChI is InChI=1S/C9H17NO/c1-8(2)6-10-5-3-4-9(11)7-10/h9,11H,1,3-7H2,2H3. The van der Waals surface area contributed by atoms with E-state index in [0.29, 0.717) is 0 Å². The number of likely N-dealkylation sites (tertiary alicyclic amines) is 1. The van der Waals surface area contributed by atoms with Crippen LogP contribution in [0.3, 0.4) is 0 Å². The van der Waals surface area contributed by atoms with Crippen LogP contribution in [-0.2, 0) is 0 Å². The van der Waals surface area contributed by atoms with Crippen LogP contribution in [0.5, 0.6) is 0 Å². The predicted molar refractivity (Wildman–Crippen MR) is 46.5 cm³/mol. The Labute approximate surface area is 68.5 Å². The minimum Gasteiger partial charge on any atom is -0.392 e. The predicted octanol–water partition coefficient (Wildman–Crippen LogP) is 1.02. The fourth-order valence-electron chi connectivity index (χ4n) is 1.56. The lowest BCUT2D eigenvalue weighted by Gasteiger charge is -2.29. The molecule has 64 valence electrons. The van der Waals surface area contributed by atoms with Gasteiger partial charge >= 0.3 is 0 Å². The first kappa shape index (κ1) is 8.75. The van der Waals surface area contributed by atoms with Crippen LogP contribution in [0.15, 0.2) is 12.2 Å². The lowest BCUT2D eigenvalue weighted by atomic mass is 10.1. The van der Waals surface area contributed by atoms with E-state index in [9.17, 15) is 5.11 Å². The summed E-state index contributed by atoms with van der Waals surface area (Å²) >= 11 is 0. The van der Waals surface area contributed by atoms with Crippen molar-refractivity contribution in [2.75, 3.05) is 19.6 Å². The van der Waals surface area contributed by atoms with E-state index in [0.717, 1.165) is 32.5 Å². The van der Waals surface area contributed by atoms with Gasteiger partial charge in [-0.3, -0.25) is 4.90 Å². The average molecular weight is 155 g/mol. The topological polar surface area (TPSA) is 23.5 Å². The molecule has 0 radical (unpaired) electrons. The minimum absolute atomic E-state index is 0.108. The molecule has 1 N–H and O–H groups in total. The van der Waals surface area contributed by atoms with Crippen LogP contribution in [0, 0.1) is 0 Å². The molecule has 0 aromatic rings. The zero-order valence-corrected chi connectivity index (χ0v) is 7.21. The quantitative estimate of drug-likeness (QED) is 0.602. The normalized spacial score (nSPS) is 26.9. The number of β-amino-alcohol motifs (C(OH)–C–C–N with tert-alkyl or cyclic N) is 1. The van der Waals surface area contributed by atoms with Gasteiger partial charge in [0.1, 0.15) is 0 Å². The first-order valence-electron chi connectivity index (χ1n) is 4.23. The maximum atomic E-state index is 9.32. The first-order chi connectivity index (χ1) is 5.18.